The normalized spacial score (nSPS) is 12.3. The van der Waals surface area contributed by atoms with E-state index in [1.54, 1.807) is 16.7 Å². The maximum atomic E-state index is 14.2. The smallest absolute Gasteiger partial charge is 0.264 e. The highest BCUT2D eigenvalue weighted by Crippen LogP contribution is 2.40. The van der Waals surface area contributed by atoms with Gasteiger partial charge in [-0.2, -0.15) is 0 Å². The first-order valence-corrected chi connectivity index (χ1v) is 10.6. The standard InChI is InChI=1S/C29H20N2O/c1-3-11-18(4-2)31-24-17-10-8-15-22(24)25-19-12-5-6-13-20(19)28-26(27(25)29(31)32)21-14-7-9-16-23(21)30-28/h3-17,30H,1-2H2/b18-11+. The Hall–Kier alpha value is -4.37. The van der Waals surface area contributed by atoms with Crippen molar-refractivity contribution >= 4 is 60.0 Å². The third-order valence-electron chi connectivity index (χ3n) is 6.26. The van der Waals surface area contributed by atoms with Crippen molar-refractivity contribution in [1.82, 2.24) is 9.55 Å². The lowest BCUT2D eigenvalue weighted by atomic mass is 9.94. The Morgan fingerprint density at radius 3 is 2.16 bits per heavy atom. The van der Waals surface area contributed by atoms with E-state index >= 15 is 0 Å². The zero-order valence-corrected chi connectivity index (χ0v) is 17.4. The van der Waals surface area contributed by atoms with Gasteiger partial charge in [0.1, 0.15) is 0 Å². The van der Waals surface area contributed by atoms with E-state index in [2.05, 4.69) is 48.5 Å². The van der Waals surface area contributed by atoms with Crippen LogP contribution >= 0.6 is 0 Å². The van der Waals surface area contributed by atoms with Gasteiger partial charge in [-0.05, 0) is 29.7 Å². The molecule has 0 saturated heterocycles. The number of para-hydroxylation sites is 2. The van der Waals surface area contributed by atoms with E-state index in [9.17, 15) is 4.79 Å². The van der Waals surface area contributed by atoms with Crippen molar-refractivity contribution in [2.45, 2.75) is 0 Å². The molecule has 1 N–H and O–H groups in total. The summed E-state index contributed by atoms with van der Waals surface area (Å²) >= 11 is 0. The molecule has 0 aliphatic heterocycles. The van der Waals surface area contributed by atoms with E-state index in [0.29, 0.717) is 11.1 Å². The summed E-state index contributed by atoms with van der Waals surface area (Å²) in [5.74, 6) is 0. The summed E-state index contributed by atoms with van der Waals surface area (Å²) in [6.45, 7) is 7.78. The molecule has 6 aromatic rings. The van der Waals surface area contributed by atoms with Crippen molar-refractivity contribution in [1.29, 1.82) is 0 Å². The molecule has 3 nitrogen and oxygen atoms in total. The monoisotopic (exact) mass is 412 g/mol. The minimum Gasteiger partial charge on any atom is -0.354 e. The van der Waals surface area contributed by atoms with Gasteiger partial charge in [-0.3, -0.25) is 9.36 Å². The number of benzene rings is 4. The molecule has 0 saturated carbocycles. The van der Waals surface area contributed by atoms with Gasteiger partial charge in [0.2, 0.25) is 0 Å². The number of pyridine rings is 1. The van der Waals surface area contributed by atoms with Crippen LogP contribution in [-0.2, 0) is 0 Å². The van der Waals surface area contributed by atoms with Crippen LogP contribution in [0.4, 0.5) is 0 Å². The molecule has 6 rings (SSSR count). The summed E-state index contributed by atoms with van der Waals surface area (Å²) in [5, 5.41) is 6.91. The summed E-state index contributed by atoms with van der Waals surface area (Å²) in [4.78, 5) is 17.8. The van der Waals surface area contributed by atoms with E-state index in [1.807, 2.05) is 48.5 Å². The van der Waals surface area contributed by atoms with Gasteiger partial charge in [-0.15, -0.1) is 0 Å². The number of rotatable bonds is 3. The Morgan fingerprint density at radius 2 is 1.41 bits per heavy atom. The molecule has 2 heterocycles. The minimum absolute atomic E-state index is 0.0628. The van der Waals surface area contributed by atoms with Crippen LogP contribution in [0, 0.1) is 0 Å². The molecule has 0 fully saturated rings. The Balaban J connectivity index is 2.06. The summed E-state index contributed by atoms with van der Waals surface area (Å²) in [5.41, 5.74) is 3.49. The molecule has 0 unspecified atom stereocenters. The number of aromatic amines is 1. The van der Waals surface area contributed by atoms with E-state index in [1.165, 1.54) is 0 Å². The van der Waals surface area contributed by atoms with Crippen LogP contribution in [0.15, 0.2) is 109 Å². The second-order valence-corrected chi connectivity index (χ2v) is 7.91. The highest BCUT2D eigenvalue weighted by molar-refractivity contribution is 6.35. The third kappa shape index (κ3) is 2.33. The van der Waals surface area contributed by atoms with Crippen molar-refractivity contribution in [3.8, 4) is 0 Å². The van der Waals surface area contributed by atoms with Crippen molar-refractivity contribution in [3.63, 3.8) is 0 Å². The topological polar surface area (TPSA) is 37.8 Å². The molecule has 2 aromatic heterocycles. The van der Waals surface area contributed by atoms with Gasteiger partial charge in [-0.25, -0.2) is 0 Å². The van der Waals surface area contributed by atoms with Gasteiger partial charge in [0.25, 0.3) is 5.56 Å². The Labute approximate surface area is 184 Å². The number of aromatic nitrogens is 2. The fraction of sp³-hybridized carbons (Fsp3) is 0. The van der Waals surface area contributed by atoms with Crippen LogP contribution in [0.25, 0.3) is 60.0 Å². The molecule has 4 aromatic carbocycles. The SMILES string of the molecule is C=C/C=C(\C=C)n1c(=O)c2c(c3ccccc3c3[nH]c4ccccc4c32)c2ccccc21. The molecule has 0 spiro atoms. The predicted molar refractivity (Wildman–Crippen MR) is 137 cm³/mol. The number of H-pyrrole nitrogens is 1. The minimum atomic E-state index is -0.0628. The zero-order chi connectivity index (χ0) is 21.8. The lowest BCUT2D eigenvalue weighted by molar-refractivity contribution is 1.11. The van der Waals surface area contributed by atoms with Crippen LogP contribution < -0.4 is 5.56 Å². The molecule has 0 aliphatic carbocycles. The molecule has 32 heavy (non-hydrogen) atoms. The number of hydrogen-bond acceptors (Lipinski definition) is 1. The van der Waals surface area contributed by atoms with Crippen LogP contribution in [0.3, 0.4) is 0 Å². The molecule has 0 radical (unpaired) electrons. The van der Waals surface area contributed by atoms with Crippen LogP contribution in [0.1, 0.15) is 0 Å². The fourth-order valence-electron chi connectivity index (χ4n) is 4.99. The van der Waals surface area contributed by atoms with Gasteiger partial charge in [0.05, 0.1) is 16.4 Å². The van der Waals surface area contributed by atoms with Crippen molar-refractivity contribution in [3.05, 3.63) is 115 Å². The first kappa shape index (κ1) is 18.4. The maximum absolute atomic E-state index is 14.2. The van der Waals surface area contributed by atoms with Crippen molar-refractivity contribution in [2.24, 2.45) is 0 Å². The Kier molecular flexibility index (Phi) is 3.92. The first-order chi connectivity index (χ1) is 15.7. The average Bonchev–Trinajstić information content (AvgIpc) is 3.23. The number of nitrogens with one attached hydrogen (secondary N) is 1. The Bertz CT molecular complexity index is 1830. The lowest BCUT2D eigenvalue weighted by Crippen LogP contribution is -2.20. The van der Waals surface area contributed by atoms with E-state index < -0.39 is 0 Å². The van der Waals surface area contributed by atoms with Crippen LogP contribution in [0.2, 0.25) is 0 Å². The fourth-order valence-corrected chi connectivity index (χ4v) is 4.99. The second-order valence-electron chi connectivity index (χ2n) is 7.91. The van der Waals surface area contributed by atoms with Crippen LogP contribution in [-0.4, -0.2) is 9.55 Å². The van der Waals surface area contributed by atoms with Gasteiger partial charge in [0, 0.05) is 38.1 Å². The molecule has 0 amide bonds. The van der Waals surface area contributed by atoms with Gasteiger partial charge < -0.3 is 4.98 Å². The van der Waals surface area contributed by atoms with Gasteiger partial charge in [0.15, 0.2) is 0 Å². The molecule has 3 heteroatoms. The molecular weight excluding hydrogens is 392 g/mol. The highest BCUT2D eigenvalue weighted by Gasteiger charge is 2.20. The Morgan fingerprint density at radius 1 is 0.750 bits per heavy atom. The molecule has 0 aliphatic rings. The number of hydrogen-bond donors (Lipinski definition) is 1. The quantitative estimate of drug-likeness (QED) is 0.243. The number of nitrogens with zero attached hydrogens (tertiary/aromatic N) is 1. The number of fused-ring (bicyclic) bond motifs is 10. The van der Waals surface area contributed by atoms with Crippen LogP contribution in [0.5, 0.6) is 0 Å². The second kappa shape index (κ2) is 6.82. The molecule has 0 atom stereocenters. The summed E-state index contributed by atoms with van der Waals surface area (Å²) in [7, 11) is 0. The maximum Gasteiger partial charge on any atom is 0.264 e. The summed E-state index contributed by atoms with van der Waals surface area (Å²) in [6.07, 6.45) is 5.21. The van der Waals surface area contributed by atoms with Crippen molar-refractivity contribution in [2.75, 3.05) is 0 Å². The van der Waals surface area contributed by atoms with Gasteiger partial charge in [-0.1, -0.05) is 79.9 Å². The van der Waals surface area contributed by atoms with Gasteiger partial charge >= 0.3 is 0 Å². The lowest BCUT2D eigenvalue weighted by Gasteiger charge is -2.16. The molecular formula is C29H20N2O. The molecule has 152 valence electrons. The highest BCUT2D eigenvalue weighted by atomic mass is 16.1. The van der Waals surface area contributed by atoms with Crippen molar-refractivity contribution < 1.29 is 0 Å². The molecule has 0 bridgehead atoms. The predicted octanol–water partition coefficient (Wildman–Crippen LogP) is 7.16. The number of allylic oxidation sites excluding steroid dienone is 4. The first-order valence-electron chi connectivity index (χ1n) is 10.6. The van der Waals surface area contributed by atoms with E-state index in [4.69, 9.17) is 0 Å². The van der Waals surface area contributed by atoms with E-state index in [-0.39, 0.29) is 5.56 Å². The summed E-state index contributed by atoms with van der Waals surface area (Å²) in [6, 6.07) is 24.5. The third-order valence-corrected chi connectivity index (χ3v) is 6.26. The van der Waals surface area contributed by atoms with E-state index in [0.717, 1.165) is 48.9 Å². The largest absolute Gasteiger partial charge is 0.354 e. The summed E-state index contributed by atoms with van der Waals surface area (Å²) < 4.78 is 1.75. The zero-order valence-electron chi connectivity index (χ0n) is 17.4. The average molecular weight is 412 g/mol.